The Morgan fingerprint density at radius 2 is 2.07 bits per heavy atom. The van der Waals surface area contributed by atoms with Crippen molar-refractivity contribution >= 4 is 21.4 Å². The normalized spacial score (nSPS) is 19.6. The van der Waals surface area contributed by atoms with Crippen LogP contribution in [0.5, 0.6) is 0 Å². The molecular weight excluding hydrogens is 396 g/mol. The monoisotopic (exact) mass is 422 g/mol. The number of aromatic amines is 1. The van der Waals surface area contributed by atoms with Gasteiger partial charge < -0.3 is 4.98 Å². The van der Waals surface area contributed by atoms with E-state index in [0.717, 1.165) is 36.6 Å². The fraction of sp³-hybridized carbons (Fsp3) is 0.579. The van der Waals surface area contributed by atoms with Crippen LogP contribution in [0.3, 0.4) is 0 Å². The summed E-state index contributed by atoms with van der Waals surface area (Å²) in [7, 11) is -3.14. The first-order valence-corrected chi connectivity index (χ1v) is 12.3. The van der Waals surface area contributed by atoms with Gasteiger partial charge >= 0.3 is 0 Å². The van der Waals surface area contributed by atoms with Crippen LogP contribution in [0.25, 0.3) is 0 Å². The molecule has 0 atom stereocenters. The number of H-pyrrole nitrogens is 1. The molecule has 0 amide bonds. The minimum atomic E-state index is -3.14. The summed E-state index contributed by atoms with van der Waals surface area (Å²) in [5.74, 6) is 0.975. The number of piperidine rings is 1. The van der Waals surface area contributed by atoms with Crippen molar-refractivity contribution in [1.29, 1.82) is 0 Å². The molecule has 4 rings (SSSR count). The predicted octanol–water partition coefficient (Wildman–Crippen LogP) is 1.92. The van der Waals surface area contributed by atoms with Crippen molar-refractivity contribution in [3.8, 4) is 0 Å². The van der Waals surface area contributed by atoms with Gasteiger partial charge in [-0.05, 0) is 31.2 Å². The number of aromatic nitrogens is 2. The third-order valence-corrected chi connectivity index (χ3v) is 8.47. The molecule has 2 aromatic rings. The highest BCUT2D eigenvalue weighted by Gasteiger charge is 2.30. The first kappa shape index (κ1) is 19.8. The van der Waals surface area contributed by atoms with Crippen LogP contribution in [0.2, 0.25) is 0 Å². The van der Waals surface area contributed by atoms with Gasteiger partial charge in [0.15, 0.2) is 0 Å². The van der Waals surface area contributed by atoms with Crippen LogP contribution in [0.1, 0.15) is 47.6 Å². The maximum Gasteiger partial charge on any atom is 0.255 e. The number of rotatable bonds is 5. The minimum absolute atomic E-state index is 0.0421. The van der Waals surface area contributed by atoms with Gasteiger partial charge in [0.05, 0.1) is 17.0 Å². The molecule has 4 heterocycles. The number of hydrogen-bond donors (Lipinski definition) is 1. The predicted molar refractivity (Wildman–Crippen MR) is 110 cm³/mol. The zero-order valence-electron chi connectivity index (χ0n) is 16.1. The van der Waals surface area contributed by atoms with E-state index < -0.39 is 10.0 Å². The second-order valence-corrected chi connectivity index (χ2v) is 10.8. The van der Waals surface area contributed by atoms with E-state index in [1.54, 1.807) is 22.6 Å². The van der Waals surface area contributed by atoms with Crippen molar-refractivity contribution in [1.82, 2.24) is 19.2 Å². The van der Waals surface area contributed by atoms with E-state index in [1.165, 1.54) is 4.88 Å². The molecule has 1 fully saturated rings. The SMILES string of the molecule is CCS(=O)(=O)N1CCC(c2nc3c(c(=O)[nH]2)CN(Cc2cccs2)CC3)CC1. The van der Waals surface area contributed by atoms with Gasteiger partial charge in [0.1, 0.15) is 5.82 Å². The lowest BCUT2D eigenvalue weighted by Gasteiger charge is -2.31. The van der Waals surface area contributed by atoms with Crippen LogP contribution in [0.4, 0.5) is 0 Å². The molecule has 0 saturated carbocycles. The average molecular weight is 423 g/mol. The molecule has 9 heteroatoms. The Morgan fingerprint density at radius 3 is 2.75 bits per heavy atom. The Morgan fingerprint density at radius 1 is 1.29 bits per heavy atom. The van der Waals surface area contributed by atoms with Crippen LogP contribution in [0, 0.1) is 0 Å². The molecule has 2 aromatic heterocycles. The Labute approximate surface area is 169 Å². The molecule has 0 unspecified atom stereocenters. The molecule has 0 aromatic carbocycles. The molecule has 0 bridgehead atoms. The van der Waals surface area contributed by atoms with E-state index in [4.69, 9.17) is 4.98 Å². The van der Waals surface area contributed by atoms with E-state index in [0.29, 0.717) is 32.5 Å². The van der Waals surface area contributed by atoms with Crippen molar-refractivity contribution < 1.29 is 8.42 Å². The third kappa shape index (κ3) is 4.07. The van der Waals surface area contributed by atoms with Crippen LogP contribution >= 0.6 is 11.3 Å². The lowest BCUT2D eigenvalue weighted by Crippen LogP contribution is -2.40. The molecule has 0 aliphatic carbocycles. The smallest absolute Gasteiger partial charge is 0.255 e. The van der Waals surface area contributed by atoms with Gasteiger partial charge in [0, 0.05) is 49.9 Å². The average Bonchev–Trinajstić information content (AvgIpc) is 3.21. The van der Waals surface area contributed by atoms with Crippen LogP contribution in [-0.4, -0.2) is 53.0 Å². The van der Waals surface area contributed by atoms with Crippen molar-refractivity contribution in [3.05, 3.63) is 49.8 Å². The quantitative estimate of drug-likeness (QED) is 0.796. The summed E-state index contributed by atoms with van der Waals surface area (Å²) in [4.78, 5) is 24.1. The lowest BCUT2D eigenvalue weighted by atomic mass is 9.96. The topological polar surface area (TPSA) is 86.4 Å². The Kier molecular flexibility index (Phi) is 5.69. The molecule has 2 aliphatic rings. The number of fused-ring (bicyclic) bond motifs is 1. The Bertz CT molecular complexity index is 977. The number of nitrogens with zero attached hydrogens (tertiary/aromatic N) is 3. The van der Waals surface area contributed by atoms with Crippen LogP contribution in [0.15, 0.2) is 22.3 Å². The van der Waals surface area contributed by atoms with Gasteiger partial charge in [-0.25, -0.2) is 17.7 Å². The molecular formula is C19H26N4O3S2. The number of nitrogens with one attached hydrogen (secondary N) is 1. The van der Waals surface area contributed by atoms with Crippen LogP contribution in [-0.2, 0) is 29.5 Å². The molecule has 28 heavy (non-hydrogen) atoms. The summed E-state index contributed by atoms with van der Waals surface area (Å²) in [5, 5.41) is 2.07. The second kappa shape index (κ2) is 8.06. The van der Waals surface area contributed by atoms with Gasteiger partial charge in [-0.15, -0.1) is 11.3 Å². The van der Waals surface area contributed by atoms with Crippen molar-refractivity contribution in [2.24, 2.45) is 0 Å². The summed E-state index contributed by atoms with van der Waals surface area (Å²) in [5.41, 5.74) is 1.64. The van der Waals surface area contributed by atoms with Gasteiger partial charge in [-0.2, -0.15) is 0 Å². The van der Waals surface area contributed by atoms with E-state index in [1.807, 2.05) is 0 Å². The zero-order chi connectivity index (χ0) is 19.7. The molecule has 7 nitrogen and oxygen atoms in total. The summed E-state index contributed by atoms with van der Waals surface area (Å²) >= 11 is 1.74. The Hall–Kier alpha value is -1.55. The summed E-state index contributed by atoms with van der Waals surface area (Å²) < 4.78 is 25.6. The van der Waals surface area contributed by atoms with Crippen LogP contribution < -0.4 is 5.56 Å². The van der Waals surface area contributed by atoms with E-state index in [2.05, 4.69) is 27.4 Å². The van der Waals surface area contributed by atoms with Gasteiger partial charge in [0.2, 0.25) is 10.0 Å². The summed E-state index contributed by atoms with van der Waals surface area (Å²) in [6, 6.07) is 4.17. The third-order valence-electron chi connectivity index (χ3n) is 5.72. The molecule has 1 N–H and O–H groups in total. The molecule has 1 saturated heterocycles. The minimum Gasteiger partial charge on any atom is -0.310 e. The van der Waals surface area contributed by atoms with Crippen molar-refractivity contribution in [2.75, 3.05) is 25.4 Å². The van der Waals surface area contributed by atoms with Gasteiger partial charge in [-0.3, -0.25) is 9.69 Å². The zero-order valence-corrected chi connectivity index (χ0v) is 17.7. The van der Waals surface area contributed by atoms with Gasteiger partial charge in [0.25, 0.3) is 5.56 Å². The lowest BCUT2D eigenvalue weighted by molar-refractivity contribution is 0.242. The maximum absolute atomic E-state index is 12.7. The first-order valence-electron chi connectivity index (χ1n) is 9.81. The van der Waals surface area contributed by atoms with E-state index >= 15 is 0 Å². The molecule has 0 spiro atoms. The number of sulfonamides is 1. The highest BCUT2D eigenvalue weighted by Crippen LogP contribution is 2.28. The molecule has 152 valence electrons. The number of hydrogen-bond acceptors (Lipinski definition) is 6. The Balaban J connectivity index is 1.46. The summed E-state index contributed by atoms with van der Waals surface area (Å²) in [6.07, 6.45) is 2.18. The largest absolute Gasteiger partial charge is 0.310 e. The fourth-order valence-corrected chi connectivity index (χ4v) is 5.92. The van der Waals surface area contributed by atoms with E-state index in [-0.39, 0.29) is 17.2 Å². The van der Waals surface area contributed by atoms with Gasteiger partial charge in [-0.1, -0.05) is 6.07 Å². The number of thiophene rings is 1. The second-order valence-electron chi connectivity index (χ2n) is 7.49. The van der Waals surface area contributed by atoms with E-state index in [9.17, 15) is 13.2 Å². The fourth-order valence-electron chi connectivity index (χ4n) is 4.04. The highest BCUT2D eigenvalue weighted by atomic mass is 32.2. The highest BCUT2D eigenvalue weighted by molar-refractivity contribution is 7.89. The maximum atomic E-state index is 12.7. The molecule has 0 radical (unpaired) electrons. The van der Waals surface area contributed by atoms with Crippen molar-refractivity contribution in [2.45, 2.75) is 45.2 Å². The first-order chi connectivity index (χ1) is 13.5. The standard InChI is InChI=1S/C19H26N4O3S2/c1-2-28(25,26)23-9-5-14(6-10-23)18-20-17-7-8-22(12-15-4-3-11-27-15)13-16(17)19(24)21-18/h3-4,11,14H,2,5-10,12-13H2,1H3,(H,20,21,24). The molecule has 2 aliphatic heterocycles. The van der Waals surface area contributed by atoms with Crippen molar-refractivity contribution in [3.63, 3.8) is 0 Å². The summed E-state index contributed by atoms with van der Waals surface area (Å²) in [6.45, 7) is 5.05.